The maximum atomic E-state index is 13.4. The molecular formula is C18H16ClF4NO. The number of fused-ring (bicyclic) bond motifs is 1. The highest BCUT2D eigenvalue weighted by Gasteiger charge is 2.41. The fraction of sp³-hybridized carbons (Fsp3) is 0.278. The molecule has 0 spiro atoms. The molecule has 0 aromatic heterocycles. The summed E-state index contributed by atoms with van der Waals surface area (Å²) in [6.45, 7) is 4.07. The molecule has 0 fully saturated rings. The largest absolute Gasteiger partial charge is 0.417 e. The first-order valence-corrected chi connectivity index (χ1v) is 8.07. The third-order valence-corrected chi connectivity index (χ3v) is 3.89. The lowest BCUT2D eigenvalue weighted by Gasteiger charge is -2.16. The predicted molar refractivity (Wildman–Crippen MR) is 87.8 cm³/mol. The van der Waals surface area contributed by atoms with E-state index in [0.717, 1.165) is 11.6 Å². The smallest absolute Gasteiger partial charge is 0.330 e. The molecule has 25 heavy (non-hydrogen) atoms. The van der Waals surface area contributed by atoms with Crippen molar-refractivity contribution in [2.24, 2.45) is 0 Å². The molecule has 2 aromatic rings. The third-order valence-electron chi connectivity index (χ3n) is 3.64. The summed E-state index contributed by atoms with van der Waals surface area (Å²) in [4.78, 5) is 13.6. The SMILES string of the molecule is CC.O=C1c2c(cc(F)cc2C(F)(F)F)CN1Cc1ccc(Cl)cc1. The predicted octanol–water partition coefficient (Wildman–Crippen LogP) is 5.68. The Labute approximate surface area is 148 Å². The summed E-state index contributed by atoms with van der Waals surface area (Å²) in [5.41, 5.74) is -0.912. The molecule has 0 atom stereocenters. The molecule has 0 N–H and O–H groups in total. The Morgan fingerprint density at radius 2 is 1.72 bits per heavy atom. The van der Waals surface area contributed by atoms with Crippen molar-refractivity contribution in [2.75, 3.05) is 0 Å². The van der Waals surface area contributed by atoms with E-state index in [2.05, 4.69) is 0 Å². The molecule has 3 rings (SSSR count). The zero-order chi connectivity index (χ0) is 18.8. The van der Waals surface area contributed by atoms with Crippen LogP contribution in [0.15, 0.2) is 36.4 Å². The Bertz CT molecular complexity index is 772. The van der Waals surface area contributed by atoms with Crippen LogP contribution in [0, 0.1) is 5.82 Å². The maximum absolute atomic E-state index is 13.4. The van der Waals surface area contributed by atoms with Crippen molar-refractivity contribution in [3.63, 3.8) is 0 Å². The number of carbonyl (C=O) groups is 1. The quantitative estimate of drug-likeness (QED) is 0.620. The van der Waals surface area contributed by atoms with Crippen LogP contribution >= 0.6 is 11.6 Å². The lowest BCUT2D eigenvalue weighted by Crippen LogP contribution is -2.24. The molecular weight excluding hydrogens is 358 g/mol. The number of nitrogens with zero attached hydrogens (tertiary/aromatic N) is 1. The van der Waals surface area contributed by atoms with E-state index in [1.807, 2.05) is 13.8 Å². The summed E-state index contributed by atoms with van der Waals surface area (Å²) < 4.78 is 52.6. The van der Waals surface area contributed by atoms with Gasteiger partial charge in [-0.2, -0.15) is 13.2 Å². The molecule has 0 bridgehead atoms. The van der Waals surface area contributed by atoms with Gasteiger partial charge in [-0.1, -0.05) is 37.6 Å². The van der Waals surface area contributed by atoms with Gasteiger partial charge < -0.3 is 4.90 Å². The molecule has 2 nitrogen and oxygen atoms in total. The Morgan fingerprint density at radius 1 is 1.12 bits per heavy atom. The van der Waals surface area contributed by atoms with Crippen LogP contribution in [0.5, 0.6) is 0 Å². The van der Waals surface area contributed by atoms with E-state index >= 15 is 0 Å². The van der Waals surface area contributed by atoms with Gasteiger partial charge in [0.1, 0.15) is 5.82 Å². The Morgan fingerprint density at radius 3 is 2.28 bits per heavy atom. The maximum Gasteiger partial charge on any atom is 0.417 e. The normalized spacial score (nSPS) is 13.4. The van der Waals surface area contributed by atoms with Gasteiger partial charge >= 0.3 is 6.18 Å². The minimum absolute atomic E-state index is 0.0521. The van der Waals surface area contributed by atoms with E-state index in [1.54, 1.807) is 24.3 Å². The van der Waals surface area contributed by atoms with Crippen LogP contribution in [0.2, 0.25) is 5.02 Å². The Kier molecular flexibility index (Phi) is 5.72. The van der Waals surface area contributed by atoms with Crippen LogP contribution in [0.1, 0.15) is 40.9 Å². The van der Waals surface area contributed by atoms with Gasteiger partial charge in [0.15, 0.2) is 0 Å². The van der Waals surface area contributed by atoms with Gasteiger partial charge in [0.2, 0.25) is 0 Å². The number of amides is 1. The number of benzene rings is 2. The minimum Gasteiger partial charge on any atom is -0.330 e. The van der Waals surface area contributed by atoms with Crippen LogP contribution in [0.3, 0.4) is 0 Å². The van der Waals surface area contributed by atoms with E-state index in [4.69, 9.17) is 11.6 Å². The number of alkyl halides is 3. The summed E-state index contributed by atoms with van der Waals surface area (Å²) in [6.07, 6.45) is -4.78. The molecule has 1 aliphatic heterocycles. The summed E-state index contributed by atoms with van der Waals surface area (Å²) >= 11 is 5.77. The first kappa shape index (κ1) is 19.2. The second-order valence-electron chi connectivity index (χ2n) is 5.27. The van der Waals surface area contributed by atoms with Crippen LogP contribution < -0.4 is 0 Å². The number of hydrogen-bond donors (Lipinski definition) is 0. The standard InChI is InChI=1S/C16H10ClF4NO.C2H6/c17-11-3-1-9(2-4-11)7-22-8-10-5-12(18)6-13(16(19,20)21)14(10)15(22)23;1-2/h1-6H,7-8H2;1-2H3. The number of halogens is 5. The van der Waals surface area contributed by atoms with Crippen molar-refractivity contribution < 1.29 is 22.4 Å². The van der Waals surface area contributed by atoms with Crippen LogP contribution in [-0.4, -0.2) is 10.8 Å². The molecule has 2 aromatic carbocycles. The molecule has 0 saturated carbocycles. The Balaban J connectivity index is 0.00000109. The third kappa shape index (κ3) is 4.12. The number of hydrogen-bond acceptors (Lipinski definition) is 1. The van der Waals surface area contributed by atoms with Crippen molar-refractivity contribution in [1.29, 1.82) is 0 Å². The van der Waals surface area contributed by atoms with Gasteiger partial charge in [-0.25, -0.2) is 4.39 Å². The summed E-state index contributed by atoms with van der Waals surface area (Å²) in [6, 6.07) is 7.97. The van der Waals surface area contributed by atoms with E-state index in [0.29, 0.717) is 11.1 Å². The highest BCUT2D eigenvalue weighted by atomic mass is 35.5. The molecule has 0 saturated heterocycles. The van der Waals surface area contributed by atoms with Crippen molar-refractivity contribution in [3.05, 3.63) is 69.5 Å². The fourth-order valence-electron chi connectivity index (χ4n) is 2.64. The summed E-state index contributed by atoms with van der Waals surface area (Å²) in [7, 11) is 0. The van der Waals surface area contributed by atoms with Gasteiger partial charge in [0, 0.05) is 18.1 Å². The summed E-state index contributed by atoms with van der Waals surface area (Å²) in [5.74, 6) is -1.75. The summed E-state index contributed by atoms with van der Waals surface area (Å²) in [5, 5.41) is 0.520. The van der Waals surface area contributed by atoms with Crippen molar-refractivity contribution in [1.82, 2.24) is 4.90 Å². The number of carbonyl (C=O) groups excluding carboxylic acids is 1. The molecule has 7 heteroatoms. The zero-order valence-electron chi connectivity index (χ0n) is 13.6. The van der Waals surface area contributed by atoms with E-state index in [-0.39, 0.29) is 18.7 Å². The lowest BCUT2D eigenvalue weighted by atomic mass is 10.0. The van der Waals surface area contributed by atoms with Gasteiger partial charge in [-0.05, 0) is 35.4 Å². The van der Waals surface area contributed by atoms with E-state index in [9.17, 15) is 22.4 Å². The fourth-order valence-corrected chi connectivity index (χ4v) is 2.76. The van der Waals surface area contributed by atoms with E-state index in [1.165, 1.54) is 4.90 Å². The second-order valence-corrected chi connectivity index (χ2v) is 5.71. The minimum atomic E-state index is -4.78. The molecule has 0 radical (unpaired) electrons. The van der Waals surface area contributed by atoms with Gasteiger partial charge in [0.25, 0.3) is 5.91 Å². The number of rotatable bonds is 2. The monoisotopic (exact) mass is 373 g/mol. The van der Waals surface area contributed by atoms with Crippen LogP contribution in [0.25, 0.3) is 0 Å². The van der Waals surface area contributed by atoms with Crippen LogP contribution in [0.4, 0.5) is 17.6 Å². The first-order chi connectivity index (χ1) is 11.8. The first-order valence-electron chi connectivity index (χ1n) is 7.69. The average Bonchev–Trinajstić information content (AvgIpc) is 2.85. The Hall–Kier alpha value is -2.08. The second kappa shape index (κ2) is 7.44. The molecule has 1 aliphatic rings. The van der Waals surface area contributed by atoms with Crippen LogP contribution in [-0.2, 0) is 19.3 Å². The molecule has 1 heterocycles. The zero-order valence-corrected chi connectivity index (χ0v) is 14.4. The van der Waals surface area contributed by atoms with E-state index < -0.39 is 29.0 Å². The van der Waals surface area contributed by atoms with Gasteiger partial charge in [-0.3, -0.25) is 4.79 Å². The molecule has 0 aliphatic carbocycles. The molecule has 0 unspecified atom stereocenters. The highest BCUT2D eigenvalue weighted by molar-refractivity contribution is 6.30. The average molecular weight is 374 g/mol. The molecule has 134 valence electrons. The molecule has 1 amide bonds. The van der Waals surface area contributed by atoms with Gasteiger partial charge in [0.05, 0.1) is 11.1 Å². The van der Waals surface area contributed by atoms with Crippen molar-refractivity contribution >= 4 is 17.5 Å². The van der Waals surface area contributed by atoms with Gasteiger partial charge in [-0.15, -0.1) is 0 Å². The lowest BCUT2D eigenvalue weighted by molar-refractivity contribution is -0.138. The topological polar surface area (TPSA) is 20.3 Å². The van der Waals surface area contributed by atoms with Crippen molar-refractivity contribution in [2.45, 2.75) is 33.1 Å². The highest BCUT2D eigenvalue weighted by Crippen LogP contribution is 2.38. The van der Waals surface area contributed by atoms with Crippen molar-refractivity contribution in [3.8, 4) is 0 Å².